The number of aryl methyl sites for hydroxylation is 2. The molecule has 2 aromatic carbocycles. The minimum absolute atomic E-state index is 0.0955. The van der Waals surface area contributed by atoms with Crippen LogP contribution in [0.1, 0.15) is 23.0 Å². The number of hydrogen-bond acceptors (Lipinski definition) is 5. The van der Waals surface area contributed by atoms with Gasteiger partial charge in [0.2, 0.25) is 0 Å². The van der Waals surface area contributed by atoms with Gasteiger partial charge in [0.1, 0.15) is 0 Å². The van der Waals surface area contributed by atoms with Crippen molar-refractivity contribution >= 4 is 60.0 Å². The molecule has 2 aromatic heterocycles. The molecule has 2 heterocycles. The van der Waals surface area contributed by atoms with Crippen LogP contribution in [0.4, 0.5) is 11.4 Å². The van der Waals surface area contributed by atoms with Crippen molar-refractivity contribution < 1.29 is 9.72 Å². The van der Waals surface area contributed by atoms with Crippen LogP contribution < -0.4 is 5.32 Å². The summed E-state index contributed by atoms with van der Waals surface area (Å²) in [5, 5.41) is 19.1. The molecule has 0 saturated carbocycles. The summed E-state index contributed by atoms with van der Waals surface area (Å²) in [7, 11) is 0. The number of carbonyl (C=O) groups is 1. The first-order chi connectivity index (χ1) is 15.3. The van der Waals surface area contributed by atoms with Gasteiger partial charge in [-0.05, 0) is 57.8 Å². The number of amides is 1. The first-order valence-electron chi connectivity index (χ1n) is 9.67. The van der Waals surface area contributed by atoms with Crippen molar-refractivity contribution in [2.45, 2.75) is 20.4 Å². The van der Waals surface area contributed by atoms with Gasteiger partial charge in [-0.15, -0.1) is 0 Å². The molecule has 1 amide bonds. The second-order valence-electron chi connectivity index (χ2n) is 7.05. The predicted octanol–water partition coefficient (Wildman–Crippen LogP) is 6.11. The standard InChI is InChI=1S/C22H17Br2N5O3/c1-3-28-11-16(12(2)27-28)20-10-15(14-6-4-5-7-19(14)25-20)22(30)26-21-17(23)8-13(29(31)32)9-18(21)24/h4-11H,3H2,1-2H3,(H,26,30). The lowest BCUT2D eigenvalue weighted by Gasteiger charge is -2.12. The molecule has 0 radical (unpaired) electrons. The smallest absolute Gasteiger partial charge is 0.271 e. The molecule has 10 heteroatoms. The van der Waals surface area contributed by atoms with Gasteiger partial charge in [0.15, 0.2) is 0 Å². The lowest BCUT2D eigenvalue weighted by molar-refractivity contribution is -0.385. The Labute approximate surface area is 200 Å². The number of benzene rings is 2. The number of aromatic nitrogens is 3. The van der Waals surface area contributed by atoms with Crippen LogP contribution in [0.2, 0.25) is 0 Å². The normalized spacial score (nSPS) is 11.0. The molecule has 0 aliphatic carbocycles. The molecule has 0 saturated heterocycles. The molecule has 8 nitrogen and oxygen atoms in total. The number of nitrogens with zero attached hydrogens (tertiary/aromatic N) is 4. The number of carbonyl (C=O) groups excluding carboxylic acids is 1. The predicted molar refractivity (Wildman–Crippen MR) is 130 cm³/mol. The van der Waals surface area contributed by atoms with Crippen LogP contribution in [0.15, 0.2) is 57.6 Å². The number of halogens is 2. The maximum atomic E-state index is 13.3. The zero-order valence-electron chi connectivity index (χ0n) is 17.1. The summed E-state index contributed by atoms with van der Waals surface area (Å²) in [4.78, 5) is 28.7. The fourth-order valence-corrected chi connectivity index (χ4v) is 4.76. The zero-order valence-corrected chi connectivity index (χ0v) is 20.3. The largest absolute Gasteiger partial charge is 0.320 e. The monoisotopic (exact) mass is 557 g/mol. The number of rotatable bonds is 5. The molecule has 162 valence electrons. The minimum atomic E-state index is -0.497. The summed E-state index contributed by atoms with van der Waals surface area (Å²) in [5.74, 6) is -0.361. The Morgan fingerprint density at radius 3 is 2.50 bits per heavy atom. The first kappa shape index (κ1) is 22.1. The van der Waals surface area contributed by atoms with E-state index in [1.165, 1.54) is 12.1 Å². The van der Waals surface area contributed by atoms with E-state index in [1.54, 1.807) is 6.07 Å². The van der Waals surface area contributed by atoms with Crippen molar-refractivity contribution in [1.29, 1.82) is 0 Å². The van der Waals surface area contributed by atoms with E-state index in [2.05, 4.69) is 42.3 Å². The van der Waals surface area contributed by atoms with Crippen molar-refractivity contribution in [2.75, 3.05) is 5.32 Å². The summed E-state index contributed by atoms with van der Waals surface area (Å²) in [6.45, 7) is 4.63. The molecule has 0 fully saturated rings. The number of nitro benzene ring substituents is 1. The second-order valence-corrected chi connectivity index (χ2v) is 8.76. The van der Waals surface area contributed by atoms with E-state index < -0.39 is 4.92 Å². The van der Waals surface area contributed by atoms with Gasteiger partial charge in [-0.1, -0.05) is 18.2 Å². The fourth-order valence-electron chi connectivity index (χ4n) is 3.40. The Balaban J connectivity index is 1.81. The Morgan fingerprint density at radius 1 is 1.19 bits per heavy atom. The minimum Gasteiger partial charge on any atom is -0.320 e. The van der Waals surface area contributed by atoms with Crippen molar-refractivity contribution in [1.82, 2.24) is 14.8 Å². The van der Waals surface area contributed by atoms with Gasteiger partial charge in [-0.3, -0.25) is 19.6 Å². The van der Waals surface area contributed by atoms with Gasteiger partial charge in [-0.25, -0.2) is 4.98 Å². The fraction of sp³-hybridized carbons (Fsp3) is 0.136. The van der Waals surface area contributed by atoms with Crippen LogP contribution >= 0.6 is 31.9 Å². The van der Waals surface area contributed by atoms with Crippen LogP contribution in [0, 0.1) is 17.0 Å². The Morgan fingerprint density at radius 2 is 1.88 bits per heavy atom. The number of hydrogen-bond donors (Lipinski definition) is 1. The van der Waals surface area contributed by atoms with E-state index >= 15 is 0 Å². The molecule has 0 aliphatic heterocycles. The third kappa shape index (κ3) is 4.15. The number of fused-ring (bicyclic) bond motifs is 1. The summed E-state index contributed by atoms with van der Waals surface area (Å²) < 4.78 is 2.61. The third-order valence-electron chi connectivity index (χ3n) is 4.98. The first-order valence-corrected chi connectivity index (χ1v) is 11.3. The molecule has 0 aliphatic rings. The van der Waals surface area contributed by atoms with Gasteiger partial charge >= 0.3 is 0 Å². The van der Waals surface area contributed by atoms with E-state index in [1.807, 2.05) is 49.0 Å². The number of nitro groups is 1. The molecule has 0 unspecified atom stereocenters. The van der Waals surface area contributed by atoms with E-state index in [-0.39, 0.29) is 11.6 Å². The lowest BCUT2D eigenvalue weighted by atomic mass is 10.0. The Bertz CT molecular complexity index is 1360. The van der Waals surface area contributed by atoms with Crippen LogP contribution in [-0.2, 0) is 6.54 Å². The third-order valence-corrected chi connectivity index (χ3v) is 6.23. The highest BCUT2D eigenvalue weighted by atomic mass is 79.9. The maximum absolute atomic E-state index is 13.3. The highest BCUT2D eigenvalue weighted by Crippen LogP contribution is 2.36. The molecular formula is C22H17Br2N5O3. The number of anilines is 1. The van der Waals surface area contributed by atoms with Crippen molar-refractivity contribution in [2.24, 2.45) is 0 Å². The van der Waals surface area contributed by atoms with Crippen molar-refractivity contribution in [3.8, 4) is 11.3 Å². The van der Waals surface area contributed by atoms with Crippen LogP contribution in [0.5, 0.6) is 0 Å². The quantitative estimate of drug-likeness (QED) is 0.235. The molecule has 1 N–H and O–H groups in total. The summed E-state index contributed by atoms with van der Waals surface area (Å²) in [6, 6.07) is 11.8. The summed E-state index contributed by atoms with van der Waals surface area (Å²) >= 11 is 6.63. The molecule has 0 bridgehead atoms. The van der Waals surface area contributed by atoms with Crippen LogP contribution in [0.25, 0.3) is 22.2 Å². The van der Waals surface area contributed by atoms with Crippen LogP contribution in [0.3, 0.4) is 0 Å². The average molecular weight is 559 g/mol. The highest BCUT2D eigenvalue weighted by molar-refractivity contribution is 9.11. The number of pyridine rings is 1. The van der Waals surface area contributed by atoms with Crippen molar-refractivity contribution in [3.05, 3.63) is 79.0 Å². The molecule has 4 aromatic rings. The van der Waals surface area contributed by atoms with E-state index in [0.29, 0.717) is 36.8 Å². The van der Waals surface area contributed by atoms with E-state index in [0.717, 1.165) is 17.8 Å². The molecule has 0 atom stereocenters. The SMILES string of the molecule is CCn1cc(-c2cc(C(=O)Nc3c(Br)cc([N+](=O)[O-])cc3Br)c3ccccc3n2)c(C)n1. The van der Waals surface area contributed by atoms with Gasteiger partial charge < -0.3 is 5.32 Å². The van der Waals surface area contributed by atoms with Crippen LogP contribution in [-0.4, -0.2) is 25.6 Å². The summed E-state index contributed by atoms with van der Waals surface area (Å²) in [5.41, 5.74) is 3.74. The maximum Gasteiger partial charge on any atom is 0.271 e. The Kier molecular flexibility index (Phi) is 6.07. The van der Waals surface area contributed by atoms with E-state index in [9.17, 15) is 14.9 Å². The zero-order chi connectivity index (χ0) is 23.0. The number of para-hydroxylation sites is 1. The lowest BCUT2D eigenvalue weighted by Crippen LogP contribution is -2.14. The van der Waals surface area contributed by atoms with Gasteiger partial charge in [-0.2, -0.15) is 5.10 Å². The summed E-state index contributed by atoms with van der Waals surface area (Å²) in [6.07, 6.45) is 1.91. The number of nitrogens with one attached hydrogen (secondary N) is 1. The second kappa shape index (κ2) is 8.79. The molecular weight excluding hydrogens is 542 g/mol. The van der Waals surface area contributed by atoms with Crippen molar-refractivity contribution in [3.63, 3.8) is 0 Å². The molecule has 4 rings (SSSR count). The topological polar surface area (TPSA) is 103 Å². The van der Waals surface area contributed by atoms with Gasteiger partial charge in [0, 0.05) is 44.8 Å². The highest BCUT2D eigenvalue weighted by Gasteiger charge is 2.20. The molecule has 32 heavy (non-hydrogen) atoms. The molecule has 0 spiro atoms. The number of non-ortho nitro benzene ring substituents is 1. The van der Waals surface area contributed by atoms with Gasteiger partial charge in [0.05, 0.1) is 33.1 Å². The van der Waals surface area contributed by atoms with E-state index in [4.69, 9.17) is 4.98 Å². The van der Waals surface area contributed by atoms with Gasteiger partial charge in [0.25, 0.3) is 11.6 Å². The Hall–Kier alpha value is -3.11. The average Bonchev–Trinajstić information content (AvgIpc) is 3.15.